The summed E-state index contributed by atoms with van der Waals surface area (Å²) in [4.78, 5) is 23.8. The molecule has 0 aliphatic rings. The van der Waals surface area contributed by atoms with Crippen molar-refractivity contribution >= 4 is 17.5 Å². The van der Waals surface area contributed by atoms with E-state index in [-0.39, 0.29) is 23.6 Å². The van der Waals surface area contributed by atoms with Crippen molar-refractivity contribution in [3.8, 4) is 11.3 Å². The standard InChI is InChI=1S/C16H18ClN3O2/c1-16(2,3)18-14(21)10-20-15(22)9-8-13(19-20)11-4-6-12(17)7-5-11/h4-9H,10H2,1-3H3,(H,18,21). The summed E-state index contributed by atoms with van der Waals surface area (Å²) in [6, 6.07) is 10.2. The van der Waals surface area contributed by atoms with Crippen LogP contribution in [0.4, 0.5) is 0 Å². The first-order valence-corrected chi connectivity index (χ1v) is 7.27. The first-order valence-electron chi connectivity index (χ1n) is 6.90. The molecule has 5 nitrogen and oxygen atoms in total. The molecule has 1 amide bonds. The highest BCUT2D eigenvalue weighted by molar-refractivity contribution is 6.30. The third-order valence-electron chi connectivity index (χ3n) is 2.81. The second-order valence-corrected chi connectivity index (χ2v) is 6.46. The number of hydrogen-bond acceptors (Lipinski definition) is 3. The Bertz CT molecular complexity index is 730. The number of nitrogens with zero attached hydrogens (tertiary/aromatic N) is 2. The summed E-state index contributed by atoms with van der Waals surface area (Å²) in [5.41, 5.74) is 0.769. The van der Waals surface area contributed by atoms with E-state index in [1.54, 1.807) is 18.2 Å². The van der Waals surface area contributed by atoms with Crippen molar-refractivity contribution in [1.29, 1.82) is 0 Å². The Morgan fingerprint density at radius 1 is 1.18 bits per heavy atom. The highest BCUT2D eigenvalue weighted by Crippen LogP contribution is 2.18. The van der Waals surface area contributed by atoms with Gasteiger partial charge in [-0.2, -0.15) is 5.10 Å². The topological polar surface area (TPSA) is 64.0 Å². The number of carbonyl (C=O) groups excluding carboxylic acids is 1. The van der Waals surface area contributed by atoms with Crippen molar-refractivity contribution in [2.75, 3.05) is 0 Å². The number of rotatable bonds is 3. The van der Waals surface area contributed by atoms with Crippen LogP contribution >= 0.6 is 11.6 Å². The third kappa shape index (κ3) is 4.43. The van der Waals surface area contributed by atoms with Crippen LogP contribution in [-0.4, -0.2) is 21.2 Å². The maximum Gasteiger partial charge on any atom is 0.267 e. The van der Waals surface area contributed by atoms with E-state index in [4.69, 9.17) is 11.6 Å². The molecule has 0 spiro atoms. The highest BCUT2D eigenvalue weighted by atomic mass is 35.5. The molecule has 0 aliphatic carbocycles. The maximum absolute atomic E-state index is 11.9. The van der Waals surface area contributed by atoms with E-state index >= 15 is 0 Å². The van der Waals surface area contributed by atoms with Crippen LogP contribution in [-0.2, 0) is 11.3 Å². The summed E-state index contributed by atoms with van der Waals surface area (Å²) >= 11 is 5.86. The minimum absolute atomic E-state index is 0.114. The molecule has 116 valence electrons. The molecule has 1 aromatic carbocycles. The summed E-state index contributed by atoms with van der Waals surface area (Å²) < 4.78 is 1.16. The molecule has 0 radical (unpaired) electrons. The molecule has 22 heavy (non-hydrogen) atoms. The molecule has 6 heteroatoms. The first kappa shape index (κ1) is 16.2. The van der Waals surface area contributed by atoms with E-state index in [0.29, 0.717) is 10.7 Å². The van der Waals surface area contributed by atoms with Gasteiger partial charge in [-0.1, -0.05) is 23.7 Å². The minimum Gasteiger partial charge on any atom is -0.350 e. The van der Waals surface area contributed by atoms with Crippen molar-refractivity contribution < 1.29 is 4.79 Å². The molecule has 0 fully saturated rings. The summed E-state index contributed by atoms with van der Waals surface area (Å²) in [5.74, 6) is -0.254. The molecule has 1 N–H and O–H groups in total. The zero-order chi connectivity index (χ0) is 16.3. The number of halogens is 1. The molecule has 0 saturated carbocycles. The van der Waals surface area contributed by atoms with Crippen LogP contribution in [0, 0.1) is 0 Å². The predicted molar refractivity (Wildman–Crippen MR) is 86.8 cm³/mol. The fourth-order valence-corrected chi connectivity index (χ4v) is 2.06. The zero-order valence-electron chi connectivity index (χ0n) is 12.8. The second kappa shape index (κ2) is 6.32. The van der Waals surface area contributed by atoms with Crippen molar-refractivity contribution in [1.82, 2.24) is 15.1 Å². The van der Waals surface area contributed by atoms with Crippen LogP contribution < -0.4 is 10.9 Å². The summed E-state index contributed by atoms with van der Waals surface area (Å²) in [5, 5.41) is 7.67. The van der Waals surface area contributed by atoms with E-state index in [2.05, 4.69) is 10.4 Å². The third-order valence-corrected chi connectivity index (χ3v) is 3.07. The van der Waals surface area contributed by atoms with Gasteiger partial charge in [-0.25, -0.2) is 4.68 Å². The molecule has 2 rings (SSSR count). The van der Waals surface area contributed by atoms with Gasteiger partial charge >= 0.3 is 0 Å². The van der Waals surface area contributed by atoms with Crippen LogP contribution in [0.1, 0.15) is 20.8 Å². The molecule has 1 heterocycles. The fraction of sp³-hybridized carbons (Fsp3) is 0.312. The molecule has 2 aromatic rings. The van der Waals surface area contributed by atoms with Gasteiger partial charge in [-0.15, -0.1) is 0 Å². The quantitative estimate of drug-likeness (QED) is 0.945. The fourth-order valence-electron chi connectivity index (χ4n) is 1.93. The SMILES string of the molecule is CC(C)(C)NC(=O)Cn1nc(-c2ccc(Cl)cc2)ccc1=O. The van der Waals surface area contributed by atoms with E-state index in [0.717, 1.165) is 10.2 Å². The first-order chi connectivity index (χ1) is 10.2. The summed E-state index contributed by atoms with van der Waals surface area (Å²) in [6.07, 6.45) is 0. The van der Waals surface area contributed by atoms with Crippen LogP contribution in [0.3, 0.4) is 0 Å². The van der Waals surface area contributed by atoms with E-state index in [9.17, 15) is 9.59 Å². The lowest BCUT2D eigenvalue weighted by Crippen LogP contribution is -2.43. The van der Waals surface area contributed by atoms with Gasteiger partial charge in [0.2, 0.25) is 5.91 Å². The number of nitrogens with one attached hydrogen (secondary N) is 1. The van der Waals surface area contributed by atoms with Gasteiger partial charge in [0.05, 0.1) is 5.69 Å². The van der Waals surface area contributed by atoms with Crippen molar-refractivity contribution in [2.24, 2.45) is 0 Å². The lowest BCUT2D eigenvalue weighted by Gasteiger charge is -2.20. The van der Waals surface area contributed by atoms with Crippen LogP contribution in [0.15, 0.2) is 41.2 Å². The zero-order valence-corrected chi connectivity index (χ0v) is 13.5. The van der Waals surface area contributed by atoms with Crippen LogP contribution in [0.2, 0.25) is 5.02 Å². The second-order valence-electron chi connectivity index (χ2n) is 6.02. The molecule has 0 atom stereocenters. The molecule has 1 aromatic heterocycles. The predicted octanol–water partition coefficient (Wildman–Crippen LogP) is 2.48. The Morgan fingerprint density at radius 2 is 1.82 bits per heavy atom. The highest BCUT2D eigenvalue weighted by Gasteiger charge is 2.15. The summed E-state index contributed by atoms with van der Waals surface area (Å²) in [7, 11) is 0. The lowest BCUT2D eigenvalue weighted by molar-refractivity contribution is -0.123. The van der Waals surface area contributed by atoms with E-state index in [1.807, 2.05) is 32.9 Å². The van der Waals surface area contributed by atoms with Gasteiger partial charge in [0.25, 0.3) is 5.56 Å². The molecule has 0 aliphatic heterocycles. The monoisotopic (exact) mass is 319 g/mol. The number of aromatic nitrogens is 2. The molecule has 0 saturated heterocycles. The van der Waals surface area contributed by atoms with Crippen molar-refractivity contribution in [2.45, 2.75) is 32.9 Å². The Balaban J connectivity index is 2.26. The van der Waals surface area contributed by atoms with Gasteiger partial charge < -0.3 is 5.32 Å². The number of carbonyl (C=O) groups is 1. The largest absolute Gasteiger partial charge is 0.350 e. The smallest absolute Gasteiger partial charge is 0.267 e. The number of amides is 1. The van der Waals surface area contributed by atoms with Crippen molar-refractivity contribution in [3.05, 3.63) is 51.8 Å². The average Bonchev–Trinajstić information content (AvgIpc) is 2.40. The average molecular weight is 320 g/mol. The molecular weight excluding hydrogens is 302 g/mol. The van der Waals surface area contributed by atoms with Gasteiger partial charge in [-0.3, -0.25) is 9.59 Å². The van der Waals surface area contributed by atoms with E-state index in [1.165, 1.54) is 6.07 Å². The number of hydrogen-bond donors (Lipinski definition) is 1. The van der Waals surface area contributed by atoms with Gasteiger partial charge in [0.15, 0.2) is 0 Å². The molecule has 0 unspecified atom stereocenters. The van der Waals surface area contributed by atoms with Crippen molar-refractivity contribution in [3.63, 3.8) is 0 Å². The Hall–Kier alpha value is -2.14. The molecular formula is C16H18ClN3O2. The van der Waals surface area contributed by atoms with Gasteiger partial charge in [0.1, 0.15) is 6.54 Å². The Labute approximate surface area is 133 Å². The van der Waals surface area contributed by atoms with Gasteiger partial charge in [-0.05, 0) is 39.0 Å². The number of benzene rings is 1. The molecule has 0 bridgehead atoms. The van der Waals surface area contributed by atoms with Crippen LogP contribution in [0.25, 0.3) is 11.3 Å². The summed E-state index contributed by atoms with van der Waals surface area (Å²) in [6.45, 7) is 5.53. The Morgan fingerprint density at radius 3 is 2.41 bits per heavy atom. The van der Waals surface area contributed by atoms with Gasteiger partial charge in [0, 0.05) is 22.2 Å². The normalized spacial score (nSPS) is 11.3. The Kier molecular flexibility index (Phi) is 4.66. The lowest BCUT2D eigenvalue weighted by atomic mass is 10.1. The van der Waals surface area contributed by atoms with E-state index < -0.39 is 0 Å². The minimum atomic E-state index is -0.353. The van der Waals surface area contributed by atoms with Crippen LogP contribution in [0.5, 0.6) is 0 Å². The maximum atomic E-state index is 11.9.